The number of thiocarbonyl (C=S) groups is 1. The van der Waals surface area contributed by atoms with Crippen LogP contribution in [0.4, 0.5) is 0 Å². The van der Waals surface area contributed by atoms with Gasteiger partial charge in [-0.3, -0.25) is 9.78 Å². The van der Waals surface area contributed by atoms with Gasteiger partial charge in [0.15, 0.2) is 10.2 Å². The fraction of sp³-hybridized carbons (Fsp3) is 0.261. The monoisotopic (exact) mass is 453 g/mol. The molecule has 6 nitrogen and oxygen atoms in total. The van der Waals surface area contributed by atoms with Gasteiger partial charge in [0.25, 0.3) is 0 Å². The molecule has 1 aromatic carbocycles. The van der Waals surface area contributed by atoms with Crippen LogP contribution in [0.5, 0.6) is 0 Å². The highest BCUT2D eigenvalue weighted by Gasteiger charge is 2.42. The minimum atomic E-state index is -0.334. The second-order valence-electron chi connectivity index (χ2n) is 7.13. The van der Waals surface area contributed by atoms with E-state index in [1.54, 1.807) is 24.9 Å². The van der Waals surface area contributed by atoms with Crippen LogP contribution >= 0.6 is 24.0 Å². The fourth-order valence-corrected chi connectivity index (χ4v) is 4.58. The van der Waals surface area contributed by atoms with Gasteiger partial charge in [-0.15, -0.1) is 0 Å². The van der Waals surface area contributed by atoms with Gasteiger partial charge >= 0.3 is 5.97 Å². The first kappa shape index (κ1) is 21.4. The molecular formula is C23H23N3O3S2. The molecule has 31 heavy (non-hydrogen) atoms. The van der Waals surface area contributed by atoms with Crippen LogP contribution in [0, 0.1) is 6.92 Å². The number of benzene rings is 1. The number of rotatable bonds is 7. The lowest BCUT2D eigenvalue weighted by molar-refractivity contribution is -0.143. The van der Waals surface area contributed by atoms with E-state index in [1.807, 2.05) is 35.2 Å². The number of furan rings is 1. The summed E-state index contributed by atoms with van der Waals surface area (Å²) in [4.78, 5) is 19.6. The molecular weight excluding hydrogens is 430 g/mol. The molecule has 1 N–H and O–H groups in total. The summed E-state index contributed by atoms with van der Waals surface area (Å²) in [6.07, 6.45) is 1.74. The largest absolute Gasteiger partial charge is 0.465 e. The van der Waals surface area contributed by atoms with Gasteiger partial charge in [-0.1, -0.05) is 35.5 Å². The minimum absolute atomic E-state index is 0.0365. The van der Waals surface area contributed by atoms with Gasteiger partial charge in [0, 0.05) is 11.1 Å². The molecule has 2 unspecified atom stereocenters. The molecule has 2 atom stereocenters. The molecule has 0 radical (unpaired) electrons. The van der Waals surface area contributed by atoms with E-state index in [-0.39, 0.29) is 24.6 Å². The molecule has 3 aromatic rings. The average molecular weight is 454 g/mol. The maximum atomic E-state index is 12.2. The Labute approximate surface area is 191 Å². The number of ether oxygens (including phenoxy) is 1. The Kier molecular flexibility index (Phi) is 6.58. The zero-order chi connectivity index (χ0) is 21.8. The Hall–Kier alpha value is -2.84. The van der Waals surface area contributed by atoms with Gasteiger partial charge in [-0.25, -0.2) is 0 Å². The molecule has 4 rings (SSSR count). The van der Waals surface area contributed by atoms with E-state index in [0.29, 0.717) is 17.5 Å². The first-order valence-corrected chi connectivity index (χ1v) is 11.3. The van der Waals surface area contributed by atoms with Crippen molar-refractivity contribution in [1.82, 2.24) is 15.2 Å². The Morgan fingerprint density at radius 2 is 2.03 bits per heavy atom. The van der Waals surface area contributed by atoms with Crippen molar-refractivity contribution in [1.29, 1.82) is 0 Å². The van der Waals surface area contributed by atoms with Crippen LogP contribution in [0.2, 0.25) is 0 Å². The lowest BCUT2D eigenvalue weighted by Crippen LogP contribution is -2.35. The van der Waals surface area contributed by atoms with E-state index < -0.39 is 0 Å². The molecule has 0 aliphatic carbocycles. The number of pyridine rings is 1. The number of hydrogen-bond donors (Lipinski definition) is 1. The van der Waals surface area contributed by atoms with E-state index >= 15 is 0 Å². The number of aryl methyl sites for hydroxylation is 1. The summed E-state index contributed by atoms with van der Waals surface area (Å²) < 4.78 is 11.4. The predicted octanol–water partition coefficient (Wildman–Crippen LogP) is 4.67. The van der Waals surface area contributed by atoms with Gasteiger partial charge in [0.2, 0.25) is 0 Å². The molecule has 0 amide bonds. The zero-order valence-electron chi connectivity index (χ0n) is 17.3. The quantitative estimate of drug-likeness (QED) is 0.409. The van der Waals surface area contributed by atoms with E-state index in [1.165, 1.54) is 5.56 Å². The number of aromatic nitrogens is 1. The highest BCUT2D eigenvalue weighted by atomic mass is 32.2. The third kappa shape index (κ3) is 4.91. The summed E-state index contributed by atoms with van der Waals surface area (Å²) in [6, 6.07) is 17.3. The molecule has 3 heterocycles. The molecule has 160 valence electrons. The van der Waals surface area contributed by atoms with Crippen LogP contribution in [-0.4, -0.2) is 34.1 Å². The molecule has 1 aliphatic rings. The molecule has 1 fully saturated rings. The summed E-state index contributed by atoms with van der Waals surface area (Å²) in [6.45, 7) is 4.20. The van der Waals surface area contributed by atoms with Crippen LogP contribution in [0.15, 0.2) is 75.2 Å². The van der Waals surface area contributed by atoms with Crippen LogP contribution in [-0.2, 0) is 9.53 Å². The Morgan fingerprint density at radius 3 is 2.74 bits per heavy atom. The normalized spacial score (nSPS) is 18.1. The third-order valence-electron chi connectivity index (χ3n) is 4.94. The van der Waals surface area contributed by atoms with Crippen molar-refractivity contribution in [3.63, 3.8) is 0 Å². The van der Waals surface area contributed by atoms with Crippen molar-refractivity contribution in [3.8, 4) is 0 Å². The molecule has 0 saturated carbocycles. The van der Waals surface area contributed by atoms with Gasteiger partial charge in [0.1, 0.15) is 18.3 Å². The maximum absolute atomic E-state index is 12.2. The first-order chi connectivity index (χ1) is 15.0. The first-order valence-electron chi connectivity index (χ1n) is 10.0. The topological polar surface area (TPSA) is 67.6 Å². The van der Waals surface area contributed by atoms with Crippen molar-refractivity contribution < 1.29 is 13.9 Å². The number of esters is 1. The highest BCUT2D eigenvalue weighted by Crippen LogP contribution is 2.41. The molecule has 2 aromatic heterocycles. The lowest BCUT2D eigenvalue weighted by atomic mass is 10.0. The summed E-state index contributed by atoms with van der Waals surface area (Å²) in [5, 5.41) is 4.54. The SMILES string of the molecule is CCOC(=O)CN1C(=S)NC(c2ccccn2)C1c1ccc(Sc2ccc(C)cc2)o1. The van der Waals surface area contributed by atoms with Crippen molar-refractivity contribution in [2.75, 3.05) is 13.2 Å². The predicted molar refractivity (Wildman–Crippen MR) is 123 cm³/mol. The Balaban J connectivity index is 1.63. The van der Waals surface area contributed by atoms with Crippen molar-refractivity contribution in [2.24, 2.45) is 0 Å². The van der Waals surface area contributed by atoms with E-state index in [4.69, 9.17) is 21.4 Å². The van der Waals surface area contributed by atoms with Crippen molar-refractivity contribution in [2.45, 2.75) is 35.9 Å². The number of carbonyl (C=O) groups is 1. The second kappa shape index (κ2) is 9.53. The zero-order valence-corrected chi connectivity index (χ0v) is 18.9. The summed E-state index contributed by atoms with van der Waals surface area (Å²) in [7, 11) is 0. The van der Waals surface area contributed by atoms with Gasteiger partial charge in [-0.05, 0) is 62.5 Å². The van der Waals surface area contributed by atoms with E-state index in [2.05, 4.69) is 41.5 Å². The fourth-order valence-electron chi connectivity index (χ4n) is 3.50. The Morgan fingerprint density at radius 1 is 1.23 bits per heavy atom. The average Bonchev–Trinajstić information content (AvgIpc) is 3.35. The van der Waals surface area contributed by atoms with Crippen molar-refractivity contribution in [3.05, 3.63) is 77.8 Å². The van der Waals surface area contributed by atoms with Gasteiger partial charge in [0.05, 0.1) is 18.3 Å². The minimum Gasteiger partial charge on any atom is -0.465 e. The third-order valence-corrected chi connectivity index (χ3v) is 6.22. The highest BCUT2D eigenvalue weighted by molar-refractivity contribution is 7.99. The molecule has 0 bridgehead atoms. The molecule has 8 heteroatoms. The van der Waals surface area contributed by atoms with Crippen molar-refractivity contribution >= 4 is 35.1 Å². The summed E-state index contributed by atoms with van der Waals surface area (Å²) >= 11 is 7.10. The maximum Gasteiger partial charge on any atom is 0.325 e. The number of carbonyl (C=O) groups excluding carboxylic acids is 1. The van der Waals surface area contributed by atoms with Gasteiger partial charge in [-0.2, -0.15) is 0 Å². The summed E-state index contributed by atoms with van der Waals surface area (Å²) in [5.41, 5.74) is 2.04. The number of nitrogens with one attached hydrogen (secondary N) is 1. The standard InChI is InChI=1S/C23H23N3O3S2/c1-3-28-19(27)14-26-22(21(25-23(26)30)17-6-4-5-13-24-17)18-11-12-20(29-18)31-16-9-7-15(2)8-10-16/h4-13,21-22H,3,14H2,1-2H3,(H,25,30). The smallest absolute Gasteiger partial charge is 0.325 e. The molecule has 0 spiro atoms. The van der Waals surface area contributed by atoms with Gasteiger partial charge < -0.3 is 19.4 Å². The lowest BCUT2D eigenvalue weighted by Gasteiger charge is -2.25. The molecule has 1 saturated heterocycles. The van der Waals surface area contributed by atoms with Crippen LogP contribution < -0.4 is 5.32 Å². The second-order valence-corrected chi connectivity index (χ2v) is 8.60. The number of hydrogen-bond acceptors (Lipinski definition) is 6. The van der Waals surface area contributed by atoms with E-state index in [9.17, 15) is 4.79 Å². The van der Waals surface area contributed by atoms with Crippen LogP contribution in [0.1, 0.15) is 36.0 Å². The van der Waals surface area contributed by atoms with E-state index in [0.717, 1.165) is 15.7 Å². The van der Waals surface area contributed by atoms with Crippen LogP contribution in [0.3, 0.4) is 0 Å². The summed E-state index contributed by atoms with van der Waals surface area (Å²) in [5.74, 6) is 0.376. The van der Waals surface area contributed by atoms with Crippen LogP contribution in [0.25, 0.3) is 0 Å². The molecule has 1 aliphatic heterocycles. The number of nitrogens with zero attached hydrogens (tertiary/aromatic N) is 2. The Bertz CT molecular complexity index is 1050.